The fraction of sp³-hybridized carbons (Fsp3) is 0.600. The molecular formula is C30H34F8O2. The number of hydrogen-bond donors (Lipinski definition) is 0. The van der Waals surface area contributed by atoms with Crippen molar-refractivity contribution in [3.8, 4) is 17.2 Å². The number of halogens is 8. The van der Waals surface area contributed by atoms with E-state index in [-0.39, 0.29) is 11.6 Å². The van der Waals surface area contributed by atoms with Crippen LogP contribution in [0.5, 0.6) is 17.2 Å². The average Bonchev–Trinajstić information content (AvgIpc) is 2.90. The summed E-state index contributed by atoms with van der Waals surface area (Å²) >= 11 is 0. The average molecular weight is 579 g/mol. The summed E-state index contributed by atoms with van der Waals surface area (Å²) in [5.41, 5.74) is -0.369. The molecule has 0 atom stereocenters. The zero-order valence-electron chi connectivity index (χ0n) is 22.4. The highest BCUT2D eigenvalue weighted by Gasteiger charge is 2.36. The summed E-state index contributed by atoms with van der Waals surface area (Å²) in [7, 11) is 0. The predicted molar refractivity (Wildman–Crippen MR) is 134 cm³/mol. The van der Waals surface area contributed by atoms with Crippen molar-refractivity contribution >= 4 is 0 Å². The van der Waals surface area contributed by atoms with Gasteiger partial charge >= 0.3 is 6.36 Å². The number of ether oxygens (including phenoxy) is 2. The van der Waals surface area contributed by atoms with Gasteiger partial charge in [-0.05, 0) is 62.2 Å². The number of alkyl halides is 3. The maximum Gasteiger partial charge on any atom is 0.573 e. The standard InChI is InChI=1S/C30H34F8O2/c1-2-3-4-5-17-6-8-18(9-7-17)19-10-12-20(13-11-19)26-27(35)22(31)16-25(34)29(26)39-21-14-23(32)28(24(33)15-21)40-30(36,37)38/h14-20H,2-13H2,1H3. The minimum atomic E-state index is -5.35. The molecule has 0 N–H and O–H groups in total. The van der Waals surface area contributed by atoms with Gasteiger partial charge in [-0.15, -0.1) is 13.2 Å². The molecule has 0 aliphatic heterocycles. The molecule has 0 amide bonds. The molecule has 2 saturated carbocycles. The number of rotatable bonds is 9. The predicted octanol–water partition coefficient (Wildman–Crippen LogP) is 10.7. The summed E-state index contributed by atoms with van der Waals surface area (Å²) in [6, 6.07) is 1.00. The molecule has 0 spiro atoms. The molecule has 0 unspecified atom stereocenters. The third-order valence-corrected chi connectivity index (χ3v) is 8.52. The molecule has 2 aliphatic rings. The van der Waals surface area contributed by atoms with Crippen molar-refractivity contribution in [2.24, 2.45) is 17.8 Å². The van der Waals surface area contributed by atoms with Gasteiger partial charge in [0.1, 0.15) is 5.75 Å². The Balaban J connectivity index is 1.46. The Bertz CT molecular complexity index is 1130. The molecule has 0 radical (unpaired) electrons. The highest BCUT2D eigenvalue weighted by molar-refractivity contribution is 5.44. The molecule has 2 fully saturated rings. The van der Waals surface area contributed by atoms with E-state index in [1.807, 2.05) is 0 Å². The summed E-state index contributed by atoms with van der Waals surface area (Å²) < 4.78 is 119. The van der Waals surface area contributed by atoms with Gasteiger partial charge in [0.15, 0.2) is 34.8 Å². The lowest BCUT2D eigenvalue weighted by Gasteiger charge is -2.38. The smallest absolute Gasteiger partial charge is 0.454 e. The lowest BCUT2D eigenvalue weighted by molar-refractivity contribution is -0.276. The number of benzene rings is 2. The van der Waals surface area contributed by atoms with Gasteiger partial charge in [-0.25, -0.2) is 22.0 Å². The molecule has 0 saturated heterocycles. The molecule has 0 aromatic heterocycles. The highest BCUT2D eigenvalue weighted by atomic mass is 19.4. The van der Waals surface area contributed by atoms with Crippen LogP contribution in [0.4, 0.5) is 35.1 Å². The normalized spacial score (nSPS) is 23.7. The van der Waals surface area contributed by atoms with Gasteiger partial charge in [-0.3, -0.25) is 0 Å². The maximum absolute atomic E-state index is 15.0. The van der Waals surface area contributed by atoms with Gasteiger partial charge < -0.3 is 9.47 Å². The second-order valence-electron chi connectivity index (χ2n) is 11.2. The number of unbranched alkanes of at least 4 members (excludes halogenated alkanes) is 2. The van der Waals surface area contributed by atoms with Crippen LogP contribution in [0.3, 0.4) is 0 Å². The van der Waals surface area contributed by atoms with Crippen LogP contribution >= 0.6 is 0 Å². The monoisotopic (exact) mass is 578 g/mol. The summed E-state index contributed by atoms with van der Waals surface area (Å²) in [5.74, 6) is -9.52. The molecule has 2 nitrogen and oxygen atoms in total. The quantitative estimate of drug-likeness (QED) is 0.167. The molecule has 40 heavy (non-hydrogen) atoms. The van der Waals surface area contributed by atoms with Crippen LogP contribution in [0, 0.1) is 46.8 Å². The van der Waals surface area contributed by atoms with E-state index < -0.39 is 58.6 Å². The topological polar surface area (TPSA) is 18.5 Å². The van der Waals surface area contributed by atoms with Crippen LogP contribution in [0.15, 0.2) is 18.2 Å². The first-order chi connectivity index (χ1) is 19.0. The van der Waals surface area contributed by atoms with E-state index in [2.05, 4.69) is 11.7 Å². The summed E-state index contributed by atoms with van der Waals surface area (Å²) in [5, 5.41) is 0. The van der Waals surface area contributed by atoms with Crippen molar-refractivity contribution < 1.29 is 44.6 Å². The van der Waals surface area contributed by atoms with E-state index in [0.717, 1.165) is 31.6 Å². The lowest BCUT2D eigenvalue weighted by Crippen LogP contribution is -2.26. The highest BCUT2D eigenvalue weighted by Crippen LogP contribution is 2.48. The zero-order valence-corrected chi connectivity index (χ0v) is 22.4. The molecule has 2 aromatic carbocycles. The molecule has 4 rings (SSSR count). The SMILES string of the molecule is CCCCCC1CCC(C2CCC(c3c(F)c(F)cc(F)c3Oc3cc(F)c(OC(F)(F)F)c(F)c3)CC2)CC1. The Hall–Kier alpha value is -2.52. The summed E-state index contributed by atoms with van der Waals surface area (Å²) in [6.07, 6.45) is 6.77. The van der Waals surface area contributed by atoms with Crippen molar-refractivity contribution in [1.29, 1.82) is 0 Å². The van der Waals surface area contributed by atoms with E-state index in [1.54, 1.807) is 0 Å². The maximum atomic E-state index is 15.0. The third kappa shape index (κ3) is 7.40. The first kappa shape index (κ1) is 30.4. The number of hydrogen-bond acceptors (Lipinski definition) is 2. The van der Waals surface area contributed by atoms with Gasteiger partial charge in [0.25, 0.3) is 0 Å². The van der Waals surface area contributed by atoms with E-state index in [4.69, 9.17) is 4.74 Å². The van der Waals surface area contributed by atoms with Crippen molar-refractivity contribution in [1.82, 2.24) is 0 Å². The van der Waals surface area contributed by atoms with Crippen molar-refractivity contribution in [3.63, 3.8) is 0 Å². The van der Waals surface area contributed by atoms with Crippen LogP contribution in [-0.4, -0.2) is 6.36 Å². The molecule has 2 aliphatic carbocycles. The fourth-order valence-corrected chi connectivity index (χ4v) is 6.50. The minimum Gasteiger partial charge on any atom is -0.454 e. The van der Waals surface area contributed by atoms with Crippen LogP contribution in [-0.2, 0) is 0 Å². The van der Waals surface area contributed by atoms with Gasteiger partial charge in [-0.1, -0.05) is 45.4 Å². The largest absolute Gasteiger partial charge is 0.573 e. The Morgan fingerprint density at radius 3 is 1.80 bits per heavy atom. The zero-order chi connectivity index (χ0) is 29.0. The lowest BCUT2D eigenvalue weighted by atomic mass is 9.68. The van der Waals surface area contributed by atoms with Crippen LogP contribution < -0.4 is 9.47 Å². The Morgan fingerprint density at radius 1 is 0.700 bits per heavy atom. The molecule has 222 valence electrons. The minimum absolute atomic E-state index is 0.270. The second-order valence-corrected chi connectivity index (χ2v) is 11.2. The summed E-state index contributed by atoms with van der Waals surface area (Å²) in [4.78, 5) is 0. The Labute approximate surface area is 229 Å². The van der Waals surface area contributed by atoms with Crippen molar-refractivity contribution in [3.05, 3.63) is 52.8 Å². The van der Waals surface area contributed by atoms with Gasteiger partial charge in [-0.2, -0.15) is 0 Å². The molecule has 0 bridgehead atoms. The van der Waals surface area contributed by atoms with Crippen molar-refractivity contribution in [2.45, 2.75) is 96.3 Å². The molecule has 0 heterocycles. The Kier molecular flexibility index (Phi) is 9.88. The van der Waals surface area contributed by atoms with E-state index >= 15 is 4.39 Å². The van der Waals surface area contributed by atoms with Crippen LogP contribution in [0.2, 0.25) is 0 Å². The fourth-order valence-electron chi connectivity index (χ4n) is 6.50. The van der Waals surface area contributed by atoms with E-state index in [9.17, 15) is 30.7 Å². The van der Waals surface area contributed by atoms with Crippen molar-refractivity contribution in [2.75, 3.05) is 0 Å². The first-order valence-electron chi connectivity index (χ1n) is 14.1. The van der Waals surface area contributed by atoms with Gasteiger partial charge in [0.05, 0.1) is 0 Å². The first-order valence-corrected chi connectivity index (χ1v) is 14.1. The molecular weight excluding hydrogens is 544 g/mol. The van der Waals surface area contributed by atoms with Crippen LogP contribution in [0.1, 0.15) is 95.5 Å². The molecule has 2 aromatic rings. The van der Waals surface area contributed by atoms with Gasteiger partial charge in [0.2, 0.25) is 5.75 Å². The van der Waals surface area contributed by atoms with Gasteiger partial charge in [0, 0.05) is 23.8 Å². The van der Waals surface area contributed by atoms with Crippen LogP contribution in [0.25, 0.3) is 0 Å². The Morgan fingerprint density at radius 2 is 1.25 bits per heavy atom. The third-order valence-electron chi connectivity index (χ3n) is 8.52. The molecule has 10 heteroatoms. The van der Waals surface area contributed by atoms with E-state index in [0.29, 0.717) is 36.8 Å². The second kappa shape index (κ2) is 13.0. The summed E-state index contributed by atoms with van der Waals surface area (Å²) in [6.45, 7) is 2.19. The van der Waals surface area contributed by atoms with E-state index in [1.165, 1.54) is 38.5 Å².